The van der Waals surface area contributed by atoms with E-state index in [1.165, 1.54) is 0 Å². The van der Waals surface area contributed by atoms with Crippen molar-refractivity contribution in [3.63, 3.8) is 0 Å². The van der Waals surface area contributed by atoms with Crippen molar-refractivity contribution >= 4 is 16.8 Å². The fraction of sp³-hybridized carbons (Fsp3) is 0.900. The van der Waals surface area contributed by atoms with Gasteiger partial charge >= 0.3 is 5.97 Å². The summed E-state index contributed by atoms with van der Waals surface area (Å²) >= 11 is 0. The Morgan fingerprint density at radius 1 is 1.47 bits per heavy atom. The zero-order chi connectivity index (χ0) is 11.8. The Morgan fingerprint density at radius 3 is 2.47 bits per heavy atom. The van der Waals surface area contributed by atoms with Gasteiger partial charge in [-0.1, -0.05) is 6.92 Å². The summed E-state index contributed by atoms with van der Waals surface area (Å²) in [6, 6.07) is -0.282. The Balaban J connectivity index is 3.99. The number of hydrogen-bond donors (Lipinski definition) is 1. The van der Waals surface area contributed by atoms with E-state index in [9.17, 15) is 9.00 Å². The minimum Gasteiger partial charge on any atom is -0.465 e. The fourth-order valence-corrected chi connectivity index (χ4v) is 1.39. The van der Waals surface area contributed by atoms with Gasteiger partial charge in [0.1, 0.15) is 6.04 Å². The number of ether oxygens (including phenoxy) is 1. The van der Waals surface area contributed by atoms with E-state index in [1.54, 1.807) is 13.2 Å². The Hall–Kier alpha value is -0.420. The van der Waals surface area contributed by atoms with Crippen LogP contribution in [0.5, 0.6) is 0 Å². The summed E-state index contributed by atoms with van der Waals surface area (Å²) in [6.07, 6.45) is 2.35. The molecule has 0 fully saturated rings. The first-order chi connectivity index (χ1) is 7.02. The summed E-state index contributed by atoms with van der Waals surface area (Å²) in [7, 11) is -0.860. The lowest BCUT2D eigenvalue weighted by Crippen LogP contribution is -2.41. The summed E-state index contributed by atoms with van der Waals surface area (Å²) < 4.78 is 16.0. The smallest absolute Gasteiger partial charge is 0.323 e. The first kappa shape index (κ1) is 14.6. The average Bonchev–Trinajstić information content (AvgIpc) is 2.18. The van der Waals surface area contributed by atoms with Gasteiger partial charge in [0.15, 0.2) is 0 Å². The third-order valence-electron chi connectivity index (χ3n) is 2.20. The second kappa shape index (κ2) is 7.82. The molecule has 0 saturated heterocycles. The van der Waals surface area contributed by atoms with E-state index < -0.39 is 10.8 Å². The van der Waals surface area contributed by atoms with Gasteiger partial charge in [0, 0.05) is 28.9 Å². The number of esters is 1. The monoisotopic (exact) mass is 235 g/mol. The quantitative estimate of drug-likeness (QED) is 0.660. The Labute approximate surface area is 94.2 Å². The fourth-order valence-electron chi connectivity index (χ4n) is 1.06. The summed E-state index contributed by atoms with van der Waals surface area (Å²) in [6.45, 7) is 6.56. The van der Waals surface area contributed by atoms with Crippen LogP contribution in [0.3, 0.4) is 0 Å². The molecule has 5 heteroatoms. The van der Waals surface area contributed by atoms with Crippen LogP contribution in [0.25, 0.3) is 0 Å². The maximum atomic E-state index is 11.4. The molecular formula is C10H21NO3S. The van der Waals surface area contributed by atoms with Crippen LogP contribution in [0.1, 0.15) is 27.2 Å². The molecule has 0 rings (SSSR count). The maximum absolute atomic E-state index is 11.4. The molecule has 0 aliphatic carbocycles. The predicted octanol–water partition coefficient (Wildman–Crippen LogP) is 0.685. The molecule has 1 N–H and O–H groups in total. The van der Waals surface area contributed by atoms with Crippen LogP contribution in [0.4, 0.5) is 0 Å². The first-order valence-corrected chi connectivity index (χ1v) is 6.87. The van der Waals surface area contributed by atoms with Gasteiger partial charge < -0.3 is 10.1 Å². The third-order valence-corrected chi connectivity index (χ3v) is 3.50. The van der Waals surface area contributed by atoms with Gasteiger partial charge in [-0.05, 0) is 20.3 Å². The van der Waals surface area contributed by atoms with Crippen molar-refractivity contribution in [1.29, 1.82) is 0 Å². The molecule has 0 spiro atoms. The molecule has 0 radical (unpaired) electrons. The van der Waals surface area contributed by atoms with Crippen LogP contribution in [-0.2, 0) is 20.3 Å². The predicted molar refractivity (Wildman–Crippen MR) is 62.2 cm³/mol. The summed E-state index contributed by atoms with van der Waals surface area (Å²) in [5, 5.41) is 3.12. The molecular weight excluding hydrogens is 214 g/mol. The molecule has 3 unspecified atom stereocenters. The van der Waals surface area contributed by atoms with Crippen molar-refractivity contribution in [2.24, 2.45) is 0 Å². The molecule has 15 heavy (non-hydrogen) atoms. The van der Waals surface area contributed by atoms with Crippen LogP contribution in [-0.4, -0.2) is 40.9 Å². The number of nitrogens with one attached hydrogen (secondary N) is 1. The molecule has 90 valence electrons. The molecule has 0 heterocycles. The van der Waals surface area contributed by atoms with Crippen molar-refractivity contribution < 1.29 is 13.7 Å². The van der Waals surface area contributed by atoms with Crippen molar-refractivity contribution in [3.8, 4) is 0 Å². The lowest BCUT2D eigenvalue weighted by molar-refractivity contribution is -0.145. The van der Waals surface area contributed by atoms with Crippen molar-refractivity contribution in [2.75, 3.05) is 19.4 Å². The van der Waals surface area contributed by atoms with E-state index in [0.29, 0.717) is 19.6 Å². The zero-order valence-electron chi connectivity index (χ0n) is 9.91. The number of carbonyl (C=O) groups is 1. The normalized spacial score (nSPS) is 16.8. The van der Waals surface area contributed by atoms with E-state index in [2.05, 4.69) is 5.32 Å². The summed E-state index contributed by atoms with van der Waals surface area (Å²) in [5.41, 5.74) is 0. The van der Waals surface area contributed by atoms with Gasteiger partial charge in [0.2, 0.25) is 0 Å². The van der Waals surface area contributed by atoms with Crippen LogP contribution in [0.15, 0.2) is 0 Å². The summed E-state index contributed by atoms with van der Waals surface area (Å²) in [5.74, 6) is -0.228. The molecule has 3 atom stereocenters. The van der Waals surface area contributed by atoms with Crippen LogP contribution in [0, 0.1) is 0 Å². The molecule has 0 bridgehead atoms. The molecule has 0 amide bonds. The SMILES string of the molecule is CCOC(=O)C(CC)NCC(C)S(C)=O. The van der Waals surface area contributed by atoms with E-state index in [4.69, 9.17) is 4.74 Å². The van der Waals surface area contributed by atoms with E-state index in [1.807, 2.05) is 13.8 Å². The molecule has 0 aromatic carbocycles. The molecule has 4 nitrogen and oxygen atoms in total. The lowest BCUT2D eigenvalue weighted by Gasteiger charge is -2.17. The molecule has 0 saturated carbocycles. The molecule has 0 aliphatic heterocycles. The minimum absolute atomic E-state index is 0.0495. The lowest BCUT2D eigenvalue weighted by atomic mass is 10.2. The van der Waals surface area contributed by atoms with Gasteiger partial charge in [-0.2, -0.15) is 0 Å². The largest absolute Gasteiger partial charge is 0.465 e. The average molecular weight is 235 g/mol. The van der Waals surface area contributed by atoms with Crippen molar-refractivity contribution in [3.05, 3.63) is 0 Å². The molecule has 0 aromatic rings. The Bertz CT molecular complexity index is 221. The van der Waals surface area contributed by atoms with Gasteiger partial charge in [0.05, 0.1) is 6.61 Å². The van der Waals surface area contributed by atoms with Crippen LogP contribution >= 0.6 is 0 Å². The van der Waals surface area contributed by atoms with E-state index in [-0.39, 0.29) is 17.3 Å². The molecule has 0 aromatic heterocycles. The minimum atomic E-state index is -0.860. The highest BCUT2D eigenvalue weighted by molar-refractivity contribution is 7.84. The number of rotatable bonds is 7. The topological polar surface area (TPSA) is 55.4 Å². The van der Waals surface area contributed by atoms with Gasteiger partial charge in [-0.15, -0.1) is 0 Å². The van der Waals surface area contributed by atoms with Gasteiger partial charge in [0.25, 0.3) is 0 Å². The standard InChI is InChI=1S/C10H21NO3S/c1-5-9(10(12)14-6-2)11-7-8(3)15(4)13/h8-9,11H,5-7H2,1-4H3. The second-order valence-electron chi connectivity index (χ2n) is 3.43. The van der Waals surface area contributed by atoms with Gasteiger partial charge in [-0.25, -0.2) is 0 Å². The Morgan fingerprint density at radius 2 is 2.07 bits per heavy atom. The number of hydrogen-bond acceptors (Lipinski definition) is 4. The maximum Gasteiger partial charge on any atom is 0.323 e. The highest BCUT2D eigenvalue weighted by Crippen LogP contribution is 1.97. The van der Waals surface area contributed by atoms with Crippen molar-refractivity contribution in [2.45, 2.75) is 38.5 Å². The van der Waals surface area contributed by atoms with E-state index in [0.717, 1.165) is 0 Å². The first-order valence-electron chi connectivity index (χ1n) is 5.25. The highest BCUT2D eigenvalue weighted by atomic mass is 32.2. The van der Waals surface area contributed by atoms with E-state index >= 15 is 0 Å². The zero-order valence-corrected chi connectivity index (χ0v) is 10.7. The van der Waals surface area contributed by atoms with Crippen LogP contribution < -0.4 is 5.32 Å². The van der Waals surface area contributed by atoms with Gasteiger partial charge in [-0.3, -0.25) is 9.00 Å². The summed E-state index contributed by atoms with van der Waals surface area (Å²) in [4.78, 5) is 11.4. The van der Waals surface area contributed by atoms with Crippen LogP contribution in [0.2, 0.25) is 0 Å². The second-order valence-corrected chi connectivity index (χ2v) is 5.23. The van der Waals surface area contributed by atoms with Crippen molar-refractivity contribution in [1.82, 2.24) is 5.32 Å². The third kappa shape index (κ3) is 5.89. The highest BCUT2D eigenvalue weighted by Gasteiger charge is 2.18. The number of carbonyl (C=O) groups excluding carboxylic acids is 1. The molecule has 0 aliphatic rings. The Kier molecular flexibility index (Phi) is 7.60.